The second-order valence-corrected chi connectivity index (χ2v) is 10.2. The van der Waals surface area contributed by atoms with E-state index in [2.05, 4.69) is 15.8 Å². The van der Waals surface area contributed by atoms with E-state index in [1.807, 2.05) is 0 Å². The average Bonchev–Trinajstić information content (AvgIpc) is 2.83. The van der Waals surface area contributed by atoms with Crippen LogP contribution in [0.5, 0.6) is 5.75 Å². The van der Waals surface area contributed by atoms with Crippen molar-refractivity contribution in [3.8, 4) is 5.75 Å². The number of anilines is 1. The van der Waals surface area contributed by atoms with Crippen LogP contribution in [-0.4, -0.2) is 51.9 Å². The van der Waals surface area contributed by atoms with Crippen LogP contribution in [0.25, 0.3) is 0 Å². The van der Waals surface area contributed by atoms with Crippen molar-refractivity contribution in [2.75, 3.05) is 23.7 Å². The fourth-order valence-electron chi connectivity index (χ4n) is 3.67. The van der Waals surface area contributed by atoms with Crippen molar-refractivity contribution in [1.29, 1.82) is 0 Å². The molecular formula is C24H29FN4O5S. The van der Waals surface area contributed by atoms with Crippen LogP contribution in [-0.2, 0) is 19.6 Å². The molecule has 0 spiro atoms. The number of hydrogen-bond acceptors (Lipinski definition) is 6. The summed E-state index contributed by atoms with van der Waals surface area (Å²) in [6, 6.07) is 11.8. The minimum Gasteiger partial charge on any atom is -0.484 e. The average molecular weight is 505 g/mol. The molecule has 0 unspecified atom stereocenters. The number of nitrogens with zero attached hydrogens (tertiary/aromatic N) is 2. The number of rotatable bonds is 10. The predicted molar refractivity (Wildman–Crippen MR) is 131 cm³/mol. The van der Waals surface area contributed by atoms with E-state index in [4.69, 9.17) is 4.74 Å². The first-order chi connectivity index (χ1) is 16.7. The number of amides is 2. The Bertz CT molecular complexity index is 1130. The molecule has 0 heterocycles. The molecule has 1 saturated carbocycles. The molecule has 1 aliphatic carbocycles. The highest BCUT2D eigenvalue weighted by Crippen LogP contribution is 2.18. The molecule has 0 bridgehead atoms. The van der Waals surface area contributed by atoms with Gasteiger partial charge >= 0.3 is 0 Å². The summed E-state index contributed by atoms with van der Waals surface area (Å²) in [5.74, 6) is -0.808. The third-order valence-corrected chi connectivity index (χ3v) is 6.57. The first kappa shape index (κ1) is 26.1. The summed E-state index contributed by atoms with van der Waals surface area (Å²) in [5, 5.41) is 6.83. The zero-order chi connectivity index (χ0) is 25.3. The van der Waals surface area contributed by atoms with Gasteiger partial charge in [-0.25, -0.2) is 18.2 Å². The molecule has 11 heteroatoms. The Labute approximate surface area is 204 Å². The molecule has 0 radical (unpaired) electrons. The van der Waals surface area contributed by atoms with Crippen molar-refractivity contribution in [2.45, 2.75) is 38.1 Å². The van der Waals surface area contributed by atoms with Gasteiger partial charge in [0.15, 0.2) is 6.61 Å². The van der Waals surface area contributed by atoms with Crippen molar-refractivity contribution < 1.29 is 27.1 Å². The Morgan fingerprint density at radius 1 is 1.06 bits per heavy atom. The molecule has 0 aliphatic heterocycles. The number of hydrogen-bond donors (Lipinski definition) is 2. The summed E-state index contributed by atoms with van der Waals surface area (Å²) < 4.78 is 43.6. The summed E-state index contributed by atoms with van der Waals surface area (Å²) in [5.41, 5.74) is 3.09. The number of benzene rings is 2. The standard InChI is InChI=1S/C24H29FN4O5S/c1-35(32,33)29(21-11-9-19(25)10-12-21)16-23(30)28-26-15-18-7-13-22(14-8-18)34-17-24(31)27-20-5-3-2-4-6-20/h7-15,20H,2-6,16-17H2,1H3,(H,27,31)(H,28,30)/b26-15-. The van der Waals surface area contributed by atoms with E-state index in [1.165, 1.54) is 24.8 Å². The highest BCUT2D eigenvalue weighted by Gasteiger charge is 2.20. The van der Waals surface area contributed by atoms with Gasteiger partial charge in [0.1, 0.15) is 18.1 Å². The number of ether oxygens (including phenoxy) is 1. The summed E-state index contributed by atoms with van der Waals surface area (Å²) in [7, 11) is -3.77. The number of sulfonamides is 1. The summed E-state index contributed by atoms with van der Waals surface area (Å²) in [6.45, 7) is -0.581. The zero-order valence-electron chi connectivity index (χ0n) is 19.4. The Hall–Kier alpha value is -3.47. The first-order valence-corrected chi connectivity index (χ1v) is 13.1. The Morgan fingerprint density at radius 2 is 1.71 bits per heavy atom. The number of hydrazone groups is 1. The fourth-order valence-corrected chi connectivity index (χ4v) is 4.52. The highest BCUT2D eigenvalue weighted by atomic mass is 32.2. The van der Waals surface area contributed by atoms with Gasteiger partial charge in [-0.15, -0.1) is 0 Å². The topological polar surface area (TPSA) is 117 Å². The van der Waals surface area contributed by atoms with Crippen LogP contribution in [0.3, 0.4) is 0 Å². The molecule has 2 aromatic rings. The lowest BCUT2D eigenvalue weighted by molar-refractivity contribution is -0.124. The van der Waals surface area contributed by atoms with Gasteiger partial charge in [0.05, 0.1) is 18.2 Å². The molecule has 9 nitrogen and oxygen atoms in total. The van der Waals surface area contributed by atoms with Gasteiger partial charge in [0.25, 0.3) is 11.8 Å². The minimum absolute atomic E-state index is 0.0646. The van der Waals surface area contributed by atoms with E-state index in [0.29, 0.717) is 11.3 Å². The van der Waals surface area contributed by atoms with Crippen molar-refractivity contribution in [3.05, 3.63) is 59.9 Å². The Morgan fingerprint density at radius 3 is 2.34 bits per heavy atom. The van der Waals surface area contributed by atoms with Crippen LogP contribution < -0.4 is 19.8 Å². The Kier molecular flexibility index (Phi) is 9.18. The monoisotopic (exact) mass is 504 g/mol. The van der Waals surface area contributed by atoms with Gasteiger partial charge in [0.2, 0.25) is 10.0 Å². The summed E-state index contributed by atoms with van der Waals surface area (Å²) in [6.07, 6.45) is 7.86. The highest BCUT2D eigenvalue weighted by molar-refractivity contribution is 7.92. The van der Waals surface area contributed by atoms with Gasteiger partial charge in [-0.05, 0) is 66.9 Å². The van der Waals surface area contributed by atoms with Gasteiger partial charge in [-0.3, -0.25) is 13.9 Å². The maximum Gasteiger partial charge on any atom is 0.260 e. The quantitative estimate of drug-likeness (QED) is 0.381. The van der Waals surface area contributed by atoms with E-state index in [-0.39, 0.29) is 24.2 Å². The lowest BCUT2D eigenvalue weighted by atomic mass is 9.95. The Balaban J connectivity index is 1.46. The smallest absolute Gasteiger partial charge is 0.260 e. The van der Waals surface area contributed by atoms with Crippen LogP contribution in [0.2, 0.25) is 0 Å². The maximum atomic E-state index is 13.1. The number of carbonyl (C=O) groups excluding carboxylic acids is 2. The fraction of sp³-hybridized carbons (Fsp3) is 0.375. The molecule has 188 valence electrons. The van der Waals surface area contributed by atoms with E-state index in [0.717, 1.165) is 48.4 Å². The van der Waals surface area contributed by atoms with Crippen LogP contribution in [0.15, 0.2) is 53.6 Å². The van der Waals surface area contributed by atoms with Crippen LogP contribution in [0.4, 0.5) is 10.1 Å². The maximum absolute atomic E-state index is 13.1. The van der Waals surface area contributed by atoms with Crippen molar-refractivity contribution >= 4 is 33.7 Å². The lowest BCUT2D eigenvalue weighted by Gasteiger charge is -2.22. The van der Waals surface area contributed by atoms with E-state index in [9.17, 15) is 22.4 Å². The molecule has 35 heavy (non-hydrogen) atoms. The van der Waals surface area contributed by atoms with Gasteiger partial charge < -0.3 is 10.1 Å². The third-order valence-electron chi connectivity index (χ3n) is 5.43. The predicted octanol–water partition coefficient (Wildman–Crippen LogP) is 2.57. The molecule has 1 aliphatic rings. The number of halogens is 1. The van der Waals surface area contributed by atoms with Crippen LogP contribution in [0.1, 0.15) is 37.7 Å². The largest absolute Gasteiger partial charge is 0.484 e. The molecule has 2 N–H and O–H groups in total. The summed E-state index contributed by atoms with van der Waals surface area (Å²) >= 11 is 0. The van der Waals surface area contributed by atoms with Crippen LogP contribution >= 0.6 is 0 Å². The summed E-state index contributed by atoms with van der Waals surface area (Å²) in [4.78, 5) is 24.3. The molecule has 3 rings (SSSR count). The first-order valence-electron chi connectivity index (χ1n) is 11.3. The minimum atomic E-state index is -3.77. The van der Waals surface area contributed by atoms with Crippen LogP contribution in [0, 0.1) is 5.82 Å². The second kappa shape index (κ2) is 12.3. The SMILES string of the molecule is CS(=O)(=O)N(CC(=O)N/N=C\c1ccc(OCC(=O)NC2CCCCC2)cc1)c1ccc(F)cc1. The third kappa shape index (κ3) is 8.67. The molecular weight excluding hydrogens is 475 g/mol. The van der Waals surface area contributed by atoms with E-state index in [1.54, 1.807) is 24.3 Å². The second-order valence-electron chi connectivity index (χ2n) is 8.30. The van der Waals surface area contributed by atoms with Gasteiger partial charge in [0, 0.05) is 6.04 Å². The van der Waals surface area contributed by atoms with Crippen molar-refractivity contribution in [2.24, 2.45) is 5.10 Å². The molecule has 0 aromatic heterocycles. The zero-order valence-corrected chi connectivity index (χ0v) is 20.3. The van der Waals surface area contributed by atoms with E-state index >= 15 is 0 Å². The molecule has 0 atom stereocenters. The molecule has 2 amide bonds. The molecule has 0 saturated heterocycles. The van der Waals surface area contributed by atoms with E-state index < -0.39 is 28.3 Å². The van der Waals surface area contributed by atoms with Crippen molar-refractivity contribution in [1.82, 2.24) is 10.7 Å². The van der Waals surface area contributed by atoms with Gasteiger partial charge in [-0.2, -0.15) is 5.10 Å². The normalized spacial score (nSPS) is 14.5. The number of nitrogens with one attached hydrogen (secondary N) is 2. The molecule has 1 fully saturated rings. The van der Waals surface area contributed by atoms with Crippen molar-refractivity contribution in [3.63, 3.8) is 0 Å². The van der Waals surface area contributed by atoms with Gasteiger partial charge in [-0.1, -0.05) is 19.3 Å². The molecule has 2 aromatic carbocycles. The lowest BCUT2D eigenvalue weighted by Crippen LogP contribution is -2.39. The number of carbonyl (C=O) groups is 2.